The highest BCUT2D eigenvalue weighted by molar-refractivity contribution is 5.93. The summed E-state index contributed by atoms with van der Waals surface area (Å²) in [6, 6.07) is 9.27. The lowest BCUT2D eigenvalue weighted by Gasteiger charge is -2.12. The summed E-state index contributed by atoms with van der Waals surface area (Å²) in [4.78, 5) is 33.0. The first kappa shape index (κ1) is 17.9. The van der Waals surface area contributed by atoms with Gasteiger partial charge >= 0.3 is 0 Å². The fourth-order valence-corrected chi connectivity index (χ4v) is 1.94. The Morgan fingerprint density at radius 1 is 1.16 bits per heavy atom. The van der Waals surface area contributed by atoms with Gasteiger partial charge in [0, 0.05) is 19.1 Å². The van der Waals surface area contributed by atoms with Gasteiger partial charge in [0.25, 0.3) is 11.6 Å². The van der Waals surface area contributed by atoms with Crippen LogP contribution in [0.4, 0.5) is 21.5 Å². The second-order valence-corrected chi connectivity index (χ2v) is 4.94. The molecule has 0 bridgehead atoms. The maximum absolute atomic E-state index is 13.6. The third kappa shape index (κ3) is 4.99. The predicted molar refractivity (Wildman–Crippen MR) is 87.9 cm³/mol. The van der Waals surface area contributed by atoms with Gasteiger partial charge in [-0.3, -0.25) is 19.7 Å². The molecular formula is C16H14FN3O5. The van der Waals surface area contributed by atoms with Crippen molar-refractivity contribution in [2.45, 2.75) is 6.92 Å². The normalized spacial score (nSPS) is 10.0. The van der Waals surface area contributed by atoms with Crippen LogP contribution in [0.15, 0.2) is 42.5 Å². The lowest BCUT2D eigenvalue weighted by atomic mass is 10.2. The van der Waals surface area contributed by atoms with Crippen LogP contribution in [0.5, 0.6) is 5.75 Å². The molecule has 0 saturated heterocycles. The van der Waals surface area contributed by atoms with E-state index in [0.29, 0.717) is 5.69 Å². The van der Waals surface area contributed by atoms with E-state index in [9.17, 15) is 24.1 Å². The topological polar surface area (TPSA) is 111 Å². The quantitative estimate of drug-likeness (QED) is 0.616. The summed E-state index contributed by atoms with van der Waals surface area (Å²) in [7, 11) is 0. The van der Waals surface area contributed by atoms with Crippen LogP contribution in [-0.2, 0) is 9.59 Å². The van der Waals surface area contributed by atoms with Gasteiger partial charge in [-0.15, -0.1) is 0 Å². The summed E-state index contributed by atoms with van der Waals surface area (Å²) >= 11 is 0. The summed E-state index contributed by atoms with van der Waals surface area (Å²) in [5.41, 5.74) is -0.295. The third-order valence-corrected chi connectivity index (χ3v) is 2.99. The van der Waals surface area contributed by atoms with Gasteiger partial charge in [-0.1, -0.05) is 12.1 Å². The van der Waals surface area contributed by atoms with E-state index < -0.39 is 23.3 Å². The fourth-order valence-electron chi connectivity index (χ4n) is 1.94. The van der Waals surface area contributed by atoms with Crippen molar-refractivity contribution >= 4 is 28.9 Å². The van der Waals surface area contributed by atoms with Crippen molar-refractivity contribution < 1.29 is 23.6 Å². The van der Waals surface area contributed by atoms with Crippen molar-refractivity contribution in [1.29, 1.82) is 0 Å². The monoisotopic (exact) mass is 347 g/mol. The molecule has 130 valence electrons. The second-order valence-electron chi connectivity index (χ2n) is 4.94. The zero-order valence-electron chi connectivity index (χ0n) is 13.1. The van der Waals surface area contributed by atoms with E-state index in [1.165, 1.54) is 6.92 Å². The van der Waals surface area contributed by atoms with E-state index >= 15 is 0 Å². The molecule has 2 amide bonds. The van der Waals surface area contributed by atoms with Gasteiger partial charge in [-0.2, -0.15) is 0 Å². The summed E-state index contributed by atoms with van der Waals surface area (Å²) < 4.78 is 18.9. The SMILES string of the molecule is CC(=O)Nc1ccccc1OCC(=O)Nc1cc([N+](=O)[O-])ccc1F. The number of ether oxygens (including phenoxy) is 1. The number of anilines is 2. The van der Waals surface area contributed by atoms with Crippen molar-refractivity contribution in [2.75, 3.05) is 17.2 Å². The van der Waals surface area contributed by atoms with E-state index in [0.717, 1.165) is 18.2 Å². The number of nitrogens with one attached hydrogen (secondary N) is 2. The molecular weight excluding hydrogens is 333 g/mol. The number of amides is 2. The van der Waals surface area contributed by atoms with E-state index in [1.807, 2.05) is 0 Å². The zero-order chi connectivity index (χ0) is 18.4. The summed E-state index contributed by atoms with van der Waals surface area (Å²) in [6.07, 6.45) is 0. The molecule has 0 aliphatic heterocycles. The van der Waals surface area contributed by atoms with Crippen LogP contribution in [0.2, 0.25) is 0 Å². The number of non-ortho nitro benzene ring substituents is 1. The molecule has 0 aromatic heterocycles. The standard InChI is InChI=1S/C16H14FN3O5/c1-10(21)18-13-4-2-3-5-15(13)25-9-16(22)19-14-8-11(20(23)24)6-7-12(14)17/h2-8H,9H2,1H3,(H,18,21)(H,19,22). The number of nitrogens with zero attached hydrogens (tertiary/aromatic N) is 1. The predicted octanol–water partition coefficient (Wildman–Crippen LogP) is 2.71. The van der Waals surface area contributed by atoms with Crippen molar-refractivity contribution in [1.82, 2.24) is 0 Å². The molecule has 0 saturated carbocycles. The molecule has 2 aromatic rings. The number of carbonyl (C=O) groups excluding carboxylic acids is 2. The molecule has 8 nitrogen and oxygen atoms in total. The smallest absolute Gasteiger partial charge is 0.271 e. The third-order valence-electron chi connectivity index (χ3n) is 2.99. The molecule has 0 spiro atoms. The lowest BCUT2D eigenvalue weighted by Crippen LogP contribution is -2.21. The highest BCUT2D eigenvalue weighted by Crippen LogP contribution is 2.24. The van der Waals surface area contributed by atoms with Gasteiger partial charge in [-0.05, 0) is 18.2 Å². The van der Waals surface area contributed by atoms with Crippen LogP contribution in [0.3, 0.4) is 0 Å². The average molecular weight is 347 g/mol. The molecule has 9 heteroatoms. The van der Waals surface area contributed by atoms with E-state index in [1.54, 1.807) is 24.3 Å². The maximum atomic E-state index is 13.6. The zero-order valence-corrected chi connectivity index (χ0v) is 13.1. The molecule has 0 aliphatic rings. The minimum absolute atomic E-state index is 0.257. The van der Waals surface area contributed by atoms with Crippen molar-refractivity contribution in [3.05, 3.63) is 58.4 Å². The Morgan fingerprint density at radius 3 is 2.56 bits per heavy atom. The Hall–Kier alpha value is -3.49. The van der Waals surface area contributed by atoms with Gasteiger partial charge in [0.1, 0.15) is 11.6 Å². The molecule has 0 unspecified atom stereocenters. The molecule has 0 aliphatic carbocycles. The largest absolute Gasteiger partial charge is 0.482 e. The number of para-hydroxylation sites is 2. The molecule has 25 heavy (non-hydrogen) atoms. The first-order valence-electron chi connectivity index (χ1n) is 7.10. The van der Waals surface area contributed by atoms with Crippen LogP contribution in [0.25, 0.3) is 0 Å². The second kappa shape index (κ2) is 7.86. The minimum atomic E-state index is -0.808. The van der Waals surface area contributed by atoms with Crippen LogP contribution >= 0.6 is 0 Å². The van der Waals surface area contributed by atoms with E-state index in [-0.39, 0.29) is 23.0 Å². The Kier molecular flexibility index (Phi) is 5.62. The van der Waals surface area contributed by atoms with Gasteiger partial charge in [0.05, 0.1) is 16.3 Å². The Bertz CT molecular complexity index is 825. The molecule has 0 heterocycles. The van der Waals surface area contributed by atoms with Crippen molar-refractivity contribution in [3.63, 3.8) is 0 Å². The first-order chi connectivity index (χ1) is 11.9. The van der Waals surface area contributed by atoms with Gasteiger partial charge in [0.2, 0.25) is 5.91 Å². The highest BCUT2D eigenvalue weighted by atomic mass is 19.1. The minimum Gasteiger partial charge on any atom is -0.482 e. The molecule has 0 radical (unpaired) electrons. The Morgan fingerprint density at radius 2 is 1.88 bits per heavy atom. The number of halogens is 1. The maximum Gasteiger partial charge on any atom is 0.271 e. The van der Waals surface area contributed by atoms with Crippen LogP contribution in [0, 0.1) is 15.9 Å². The lowest BCUT2D eigenvalue weighted by molar-refractivity contribution is -0.384. The number of hydrogen-bond acceptors (Lipinski definition) is 5. The van der Waals surface area contributed by atoms with E-state index in [4.69, 9.17) is 4.74 Å². The number of nitro benzene ring substituents is 1. The number of carbonyl (C=O) groups is 2. The Balaban J connectivity index is 2.03. The number of nitro groups is 1. The summed E-state index contributed by atoms with van der Waals surface area (Å²) in [6.45, 7) is 0.854. The van der Waals surface area contributed by atoms with E-state index in [2.05, 4.69) is 10.6 Å². The summed E-state index contributed by atoms with van der Waals surface area (Å²) in [5, 5.41) is 15.4. The van der Waals surface area contributed by atoms with Gasteiger partial charge < -0.3 is 15.4 Å². The molecule has 2 rings (SSSR count). The van der Waals surface area contributed by atoms with Gasteiger partial charge in [0.15, 0.2) is 6.61 Å². The van der Waals surface area contributed by atoms with Crippen molar-refractivity contribution in [3.8, 4) is 5.75 Å². The Labute approximate surface area is 141 Å². The molecule has 2 aromatic carbocycles. The van der Waals surface area contributed by atoms with Crippen LogP contribution < -0.4 is 15.4 Å². The van der Waals surface area contributed by atoms with Crippen molar-refractivity contribution in [2.24, 2.45) is 0 Å². The molecule has 0 fully saturated rings. The van der Waals surface area contributed by atoms with Crippen LogP contribution in [0.1, 0.15) is 6.92 Å². The number of hydrogen-bond donors (Lipinski definition) is 2. The highest BCUT2D eigenvalue weighted by Gasteiger charge is 2.14. The first-order valence-corrected chi connectivity index (χ1v) is 7.10. The van der Waals surface area contributed by atoms with Gasteiger partial charge in [-0.25, -0.2) is 4.39 Å². The number of benzene rings is 2. The number of rotatable bonds is 6. The average Bonchev–Trinajstić information content (AvgIpc) is 2.55. The summed E-state index contributed by atoms with van der Waals surface area (Å²) in [5.74, 6) is -1.57. The molecule has 0 atom stereocenters. The fraction of sp³-hybridized carbons (Fsp3) is 0.125. The van der Waals surface area contributed by atoms with Crippen LogP contribution in [-0.4, -0.2) is 23.3 Å². The molecule has 2 N–H and O–H groups in total.